The summed E-state index contributed by atoms with van der Waals surface area (Å²) in [7, 11) is 0. The Hall–Kier alpha value is -0.800. The molecule has 0 aliphatic carbocycles. The summed E-state index contributed by atoms with van der Waals surface area (Å²) >= 11 is 0. The average molecular weight is 239 g/mol. The summed E-state index contributed by atoms with van der Waals surface area (Å²) in [5.74, 6) is 1.54. The number of nitrogens with one attached hydrogen (secondary N) is 1. The highest BCUT2D eigenvalue weighted by Gasteiger charge is 2.12. The number of hydrogen-bond donors (Lipinski definition) is 1. The lowest BCUT2D eigenvalue weighted by Crippen LogP contribution is -2.35. The fourth-order valence-electron chi connectivity index (χ4n) is 1.40. The molecule has 17 heavy (non-hydrogen) atoms. The van der Waals surface area contributed by atoms with Crippen molar-refractivity contribution in [2.45, 2.75) is 53.3 Å². The molecule has 0 radical (unpaired) electrons. The Kier molecular flexibility index (Phi) is 5.22. The van der Waals surface area contributed by atoms with Gasteiger partial charge in [0.25, 0.3) is 0 Å². The van der Waals surface area contributed by atoms with Gasteiger partial charge in [-0.3, -0.25) is 0 Å². The minimum atomic E-state index is 0.100. The third-order valence-electron chi connectivity index (χ3n) is 2.33. The van der Waals surface area contributed by atoms with Crippen LogP contribution in [0.4, 0.5) is 0 Å². The number of ether oxygens (including phenoxy) is 1. The van der Waals surface area contributed by atoms with Crippen molar-refractivity contribution in [1.82, 2.24) is 5.32 Å². The molecule has 0 saturated carbocycles. The van der Waals surface area contributed by atoms with Gasteiger partial charge in [-0.2, -0.15) is 0 Å². The molecule has 0 bridgehead atoms. The lowest BCUT2D eigenvalue weighted by atomic mass is 10.1. The van der Waals surface area contributed by atoms with Crippen LogP contribution in [0.2, 0.25) is 0 Å². The van der Waals surface area contributed by atoms with E-state index in [-0.39, 0.29) is 5.54 Å². The first kappa shape index (κ1) is 14.3. The Morgan fingerprint density at radius 1 is 1.35 bits per heavy atom. The van der Waals surface area contributed by atoms with Crippen LogP contribution in [0.5, 0.6) is 0 Å². The Bertz CT molecular complexity index is 323. The van der Waals surface area contributed by atoms with Crippen molar-refractivity contribution in [3.63, 3.8) is 0 Å². The molecule has 98 valence electrons. The fourth-order valence-corrected chi connectivity index (χ4v) is 1.40. The molecule has 0 amide bonds. The van der Waals surface area contributed by atoms with Crippen LogP contribution in [0.25, 0.3) is 0 Å². The van der Waals surface area contributed by atoms with Crippen LogP contribution >= 0.6 is 0 Å². The van der Waals surface area contributed by atoms with Gasteiger partial charge in [0.1, 0.15) is 5.76 Å². The maximum atomic E-state index is 5.62. The van der Waals surface area contributed by atoms with Gasteiger partial charge < -0.3 is 14.5 Å². The van der Waals surface area contributed by atoms with Gasteiger partial charge in [0.05, 0.1) is 19.4 Å². The predicted molar refractivity (Wildman–Crippen MR) is 69.8 cm³/mol. The Balaban J connectivity index is 2.43. The second-order valence-electron chi connectivity index (χ2n) is 5.88. The second-order valence-corrected chi connectivity index (χ2v) is 5.88. The van der Waals surface area contributed by atoms with Crippen LogP contribution in [0, 0.1) is 5.92 Å². The van der Waals surface area contributed by atoms with Crippen molar-refractivity contribution in [2.75, 3.05) is 6.61 Å². The highest BCUT2D eigenvalue weighted by molar-refractivity contribution is 5.16. The summed E-state index contributed by atoms with van der Waals surface area (Å²) in [6.07, 6.45) is 1.73. The van der Waals surface area contributed by atoms with Crippen molar-refractivity contribution in [2.24, 2.45) is 5.92 Å². The summed E-state index contributed by atoms with van der Waals surface area (Å²) in [5.41, 5.74) is 1.24. The Labute approximate surface area is 105 Å². The van der Waals surface area contributed by atoms with Gasteiger partial charge in [-0.1, -0.05) is 13.8 Å². The molecule has 0 spiro atoms. The van der Waals surface area contributed by atoms with E-state index in [2.05, 4.69) is 39.9 Å². The molecule has 1 aromatic heterocycles. The molecule has 0 aromatic carbocycles. The van der Waals surface area contributed by atoms with Gasteiger partial charge >= 0.3 is 0 Å². The fraction of sp³-hybridized carbons (Fsp3) is 0.714. The third-order valence-corrected chi connectivity index (χ3v) is 2.33. The largest absolute Gasteiger partial charge is 0.468 e. The van der Waals surface area contributed by atoms with Gasteiger partial charge in [0, 0.05) is 17.7 Å². The Morgan fingerprint density at radius 3 is 2.65 bits per heavy atom. The van der Waals surface area contributed by atoms with Crippen molar-refractivity contribution < 1.29 is 9.15 Å². The summed E-state index contributed by atoms with van der Waals surface area (Å²) in [5, 5.41) is 3.41. The third kappa shape index (κ3) is 5.89. The smallest absolute Gasteiger partial charge is 0.123 e. The molecule has 0 saturated heterocycles. The normalized spacial score (nSPS) is 12.4. The summed E-state index contributed by atoms with van der Waals surface area (Å²) in [4.78, 5) is 0. The number of rotatable bonds is 6. The molecule has 1 N–H and O–H groups in total. The monoisotopic (exact) mass is 239 g/mol. The van der Waals surface area contributed by atoms with Crippen molar-refractivity contribution in [3.8, 4) is 0 Å². The number of hydrogen-bond acceptors (Lipinski definition) is 3. The molecule has 0 fully saturated rings. The number of furan rings is 1. The molecule has 0 aliphatic rings. The zero-order valence-corrected chi connectivity index (χ0v) is 11.7. The van der Waals surface area contributed by atoms with Gasteiger partial charge in [-0.15, -0.1) is 0 Å². The van der Waals surface area contributed by atoms with E-state index in [9.17, 15) is 0 Å². The first-order chi connectivity index (χ1) is 7.88. The zero-order valence-electron chi connectivity index (χ0n) is 11.7. The minimum Gasteiger partial charge on any atom is -0.468 e. The van der Waals surface area contributed by atoms with Crippen molar-refractivity contribution in [3.05, 3.63) is 23.7 Å². The van der Waals surface area contributed by atoms with Crippen LogP contribution in [-0.2, 0) is 17.9 Å². The molecule has 0 atom stereocenters. The molecule has 1 aromatic rings. The maximum Gasteiger partial charge on any atom is 0.123 e. The molecule has 0 aliphatic heterocycles. The van der Waals surface area contributed by atoms with Crippen LogP contribution < -0.4 is 5.32 Å². The Morgan fingerprint density at radius 2 is 2.06 bits per heavy atom. The standard InChI is InChI=1S/C14H25NO2/c1-11(2)9-16-10-12-6-7-17-13(12)8-15-14(3,4)5/h6-7,11,15H,8-10H2,1-5H3. The lowest BCUT2D eigenvalue weighted by Gasteiger charge is -2.20. The van der Waals surface area contributed by atoms with Crippen molar-refractivity contribution in [1.29, 1.82) is 0 Å². The van der Waals surface area contributed by atoms with E-state index in [4.69, 9.17) is 9.15 Å². The first-order valence-corrected chi connectivity index (χ1v) is 6.26. The van der Waals surface area contributed by atoms with Crippen LogP contribution in [0.3, 0.4) is 0 Å². The van der Waals surface area contributed by atoms with Crippen molar-refractivity contribution >= 4 is 0 Å². The first-order valence-electron chi connectivity index (χ1n) is 6.26. The van der Waals surface area contributed by atoms with Gasteiger partial charge in [0.2, 0.25) is 0 Å². The summed E-state index contributed by atoms with van der Waals surface area (Å²) in [6, 6.07) is 1.99. The van der Waals surface area contributed by atoms with E-state index in [1.807, 2.05) is 6.07 Å². The highest BCUT2D eigenvalue weighted by Crippen LogP contribution is 2.13. The van der Waals surface area contributed by atoms with Crippen LogP contribution in [0.1, 0.15) is 45.9 Å². The molecular weight excluding hydrogens is 214 g/mol. The zero-order chi connectivity index (χ0) is 12.9. The van der Waals surface area contributed by atoms with Gasteiger partial charge in [-0.05, 0) is 32.8 Å². The maximum absolute atomic E-state index is 5.62. The molecule has 1 rings (SSSR count). The molecule has 3 nitrogen and oxygen atoms in total. The van der Waals surface area contributed by atoms with E-state index in [0.717, 1.165) is 24.5 Å². The predicted octanol–water partition coefficient (Wildman–Crippen LogP) is 3.34. The van der Waals surface area contributed by atoms with E-state index in [1.54, 1.807) is 6.26 Å². The molecular formula is C14H25NO2. The minimum absolute atomic E-state index is 0.100. The molecule has 1 heterocycles. The quantitative estimate of drug-likeness (QED) is 0.826. The van der Waals surface area contributed by atoms with E-state index < -0.39 is 0 Å². The van der Waals surface area contributed by atoms with Crippen LogP contribution in [-0.4, -0.2) is 12.1 Å². The lowest BCUT2D eigenvalue weighted by molar-refractivity contribution is 0.0958. The van der Waals surface area contributed by atoms with E-state index in [1.165, 1.54) is 0 Å². The van der Waals surface area contributed by atoms with E-state index in [0.29, 0.717) is 12.5 Å². The molecule has 3 heteroatoms. The van der Waals surface area contributed by atoms with Crippen LogP contribution in [0.15, 0.2) is 16.7 Å². The average Bonchev–Trinajstić information content (AvgIpc) is 2.61. The highest BCUT2D eigenvalue weighted by atomic mass is 16.5. The van der Waals surface area contributed by atoms with Gasteiger partial charge in [-0.25, -0.2) is 0 Å². The second kappa shape index (κ2) is 6.22. The van der Waals surface area contributed by atoms with E-state index >= 15 is 0 Å². The SMILES string of the molecule is CC(C)COCc1ccoc1CNC(C)(C)C. The molecule has 0 unspecified atom stereocenters. The topological polar surface area (TPSA) is 34.4 Å². The van der Waals surface area contributed by atoms with Gasteiger partial charge in [0.15, 0.2) is 0 Å². The summed E-state index contributed by atoms with van der Waals surface area (Å²) < 4.78 is 11.1. The summed E-state index contributed by atoms with van der Waals surface area (Å²) in [6.45, 7) is 12.9.